The summed E-state index contributed by atoms with van der Waals surface area (Å²) in [7, 11) is 0. The Morgan fingerprint density at radius 2 is 1.94 bits per heavy atom. The molecule has 5 heteroatoms. The van der Waals surface area contributed by atoms with Crippen LogP contribution in [0.3, 0.4) is 0 Å². The summed E-state index contributed by atoms with van der Waals surface area (Å²) >= 11 is 3.14. The molecule has 1 N–H and O–H groups in total. The fourth-order valence-corrected chi connectivity index (χ4v) is 2.53. The molecule has 1 heterocycles. The van der Waals surface area contributed by atoms with E-state index < -0.39 is 0 Å². The summed E-state index contributed by atoms with van der Waals surface area (Å²) in [6.45, 7) is 4.18. The van der Waals surface area contributed by atoms with Gasteiger partial charge in [-0.05, 0) is 32.2 Å². The third-order valence-corrected chi connectivity index (χ3v) is 3.58. The van der Waals surface area contributed by atoms with Gasteiger partial charge in [0.15, 0.2) is 5.82 Å². The molecular weight excluding hydrogens is 250 g/mol. The number of hydrogen-bond donors (Lipinski definition) is 1. The van der Waals surface area contributed by atoms with E-state index in [1.807, 2.05) is 0 Å². The molecule has 0 spiro atoms. The molecular formula is C12H15N3S2. The maximum Gasteiger partial charge on any atom is 0.203 e. The number of hydrogen-bond acceptors (Lipinski definition) is 5. The van der Waals surface area contributed by atoms with Crippen molar-refractivity contribution in [1.82, 2.24) is 9.36 Å². The number of aromatic nitrogens is 2. The summed E-state index contributed by atoms with van der Waals surface area (Å²) in [6, 6.07) is 8.70. The Morgan fingerprint density at radius 1 is 1.24 bits per heavy atom. The van der Waals surface area contributed by atoms with Crippen LogP contribution in [0, 0.1) is 0 Å². The first-order valence-electron chi connectivity index (χ1n) is 5.43. The lowest BCUT2D eigenvalue weighted by Crippen LogP contribution is -2.08. The number of nitrogens with zero attached hydrogens (tertiary/aromatic N) is 2. The molecule has 0 radical (unpaired) electrons. The molecule has 0 unspecified atom stereocenters. The number of anilines is 1. The molecule has 0 saturated carbocycles. The van der Waals surface area contributed by atoms with E-state index in [1.165, 1.54) is 16.4 Å². The molecule has 1 aromatic carbocycles. The van der Waals surface area contributed by atoms with Gasteiger partial charge in [-0.15, -0.1) is 11.8 Å². The Labute approximate surface area is 110 Å². The summed E-state index contributed by atoms with van der Waals surface area (Å²) in [5, 5.41) is 4.14. The van der Waals surface area contributed by atoms with Gasteiger partial charge in [0.2, 0.25) is 5.13 Å². The molecule has 90 valence electrons. The quantitative estimate of drug-likeness (QED) is 0.854. The Kier molecular flexibility index (Phi) is 4.02. The zero-order valence-electron chi connectivity index (χ0n) is 10.1. The van der Waals surface area contributed by atoms with E-state index in [4.69, 9.17) is 0 Å². The monoisotopic (exact) mass is 265 g/mol. The molecule has 0 saturated heterocycles. The Bertz CT molecular complexity index is 477. The highest BCUT2D eigenvalue weighted by atomic mass is 32.2. The second-order valence-electron chi connectivity index (χ2n) is 3.95. The predicted octanol–water partition coefficient (Wildman–Crippen LogP) is 3.75. The van der Waals surface area contributed by atoms with E-state index in [9.17, 15) is 0 Å². The van der Waals surface area contributed by atoms with Crippen molar-refractivity contribution in [2.45, 2.75) is 24.8 Å². The van der Waals surface area contributed by atoms with E-state index in [0.29, 0.717) is 6.04 Å². The highest BCUT2D eigenvalue weighted by Crippen LogP contribution is 2.23. The van der Waals surface area contributed by atoms with Crippen LogP contribution in [0.25, 0.3) is 11.4 Å². The molecule has 0 aliphatic carbocycles. The van der Waals surface area contributed by atoms with Crippen LogP contribution in [0.5, 0.6) is 0 Å². The maximum absolute atomic E-state index is 4.47. The van der Waals surface area contributed by atoms with Crippen molar-refractivity contribution in [2.75, 3.05) is 11.6 Å². The molecule has 3 nitrogen and oxygen atoms in total. The highest BCUT2D eigenvalue weighted by molar-refractivity contribution is 7.98. The zero-order chi connectivity index (χ0) is 12.3. The van der Waals surface area contributed by atoms with Crippen LogP contribution < -0.4 is 5.32 Å². The van der Waals surface area contributed by atoms with Crippen molar-refractivity contribution in [2.24, 2.45) is 0 Å². The maximum atomic E-state index is 4.47. The Balaban J connectivity index is 2.18. The smallest absolute Gasteiger partial charge is 0.203 e. The molecule has 1 aromatic heterocycles. The standard InChI is InChI=1S/C12H15N3S2/c1-8(2)13-12-14-11(15-17-12)9-4-6-10(16-3)7-5-9/h4-8H,1-3H3,(H,13,14,15). The van der Waals surface area contributed by atoms with Gasteiger partial charge in [-0.25, -0.2) is 0 Å². The molecule has 2 aromatic rings. The van der Waals surface area contributed by atoms with Crippen LogP contribution in [-0.4, -0.2) is 21.7 Å². The minimum Gasteiger partial charge on any atom is -0.358 e. The number of benzene rings is 1. The number of thioether (sulfide) groups is 1. The zero-order valence-corrected chi connectivity index (χ0v) is 11.7. The van der Waals surface area contributed by atoms with Gasteiger partial charge >= 0.3 is 0 Å². The van der Waals surface area contributed by atoms with Crippen molar-refractivity contribution in [3.8, 4) is 11.4 Å². The van der Waals surface area contributed by atoms with E-state index in [2.05, 4.69) is 59.0 Å². The molecule has 2 rings (SSSR count). The molecule has 0 atom stereocenters. The predicted molar refractivity (Wildman–Crippen MR) is 75.9 cm³/mol. The van der Waals surface area contributed by atoms with Gasteiger partial charge in [0.25, 0.3) is 0 Å². The van der Waals surface area contributed by atoms with Gasteiger partial charge in [-0.2, -0.15) is 9.36 Å². The summed E-state index contributed by atoms with van der Waals surface area (Å²) in [4.78, 5) is 5.72. The highest BCUT2D eigenvalue weighted by Gasteiger charge is 2.06. The number of rotatable bonds is 4. The van der Waals surface area contributed by atoms with Crippen molar-refractivity contribution in [1.29, 1.82) is 0 Å². The summed E-state index contributed by atoms with van der Waals surface area (Å²) in [5.41, 5.74) is 1.07. The van der Waals surface area contributed by atoms with Gasteiger partial charge in [-0.3, -0.25) is 0 Å². The molecule has 17 heavy (non-hydrogen) atoms. The second kappa shape index (κ2) is 5.51. The van der Waals surface area contributed by atoms with Gasteiger partial charge < -0.3 is 5.32 Å². The van der Waals surface area contributed by atoms with Crippen LogP contribution in [0.1, 0.15) is 13.8 Å². The van der Waals surface area contributed by atoms with Crippen molar-refractivity contribution >= 4 is 28.4 Å². The topological polar surface area (TPSA) is 37.8 Å². The first kappa shape index (κ1) is 12.4. The molecule has 0 aliphatic rings. The van der Waals surface area contributed by atoms with Crippen molar-refractivity contribution in [3.63, 3.8) is 0 Å². The van der Waals surface area contributed by atoms with Crippen LogP contribution in [0.2, 0.25) is 0 Å². The minimum absolute atomic E-state index is 0.384. The van der Waals surface area contributed by atoms with Crippen molar-refractivity contribution < 1.29 is 0 Å². The van der Waals surface area contributed by atoms with E-state index >= 15 is 0 Å². The minimum atomic E-state index is 0.384. The van der Waals surface area contributed by atoms with Crippen LogP contribution in [-0.2, 0) is 0 Å². The molecule has 0 amide bonds. The lowest BCUT2D eigenvalue weighted by molar-refractivity contribution is 0.896. The average Bonchev–Trinajstić information content (AvgIpc) is 2.77. The number of nitrogens with one attached hydrogen (secondary N) is 1. The summed E-state index contributed by atoms with van der Waals surface area (Å²) < 4.78 is 4.36. The van der Waals surface area contributed by atoms with E-state index in [1.54, 1.807) is 11.8 Å². The summed E-state index contributed by atoms with van der Waals surface area (Å²) in [5.74, 6) is 0.797. The van der Waals surface area contributed by atoms with Gasteiger partial charge in [-0.1, -0.05) is 12.1 Å². The molecule has 0 bridgehead atoms. The normalized spacial score (nSPS) is 10.8. The van der Waals surface area contributed by atoms with Crippen molar-refractivity contribution in [3.05, 3.63) is 24.3 Å². The summed E-state index contributed by atoms with van der Waals surface area (Å²) in [6.07, 6.45) is 2.07. The van der Waals surface area contributed by atoms with Gasteiger partial charge in [0.1, 0.15) is 0 Å². The second-order valence-corrected chi connectivity index (χ2v) is 5.58. The lowest BCUT2D eigenvalue weighted by atomic mass is 10.2. The first-order chi connectivity index (χ1) is 8.19. The molecule has 0 aliphatic heterocycles. The third kappa shape index (κ3) is 3.20. The van der Waals surface area contributed by atoms with Crippen LogP contribution in [0.4, 0.5) is 5.13 Å². The lowest BCUT2D eigenvalue weighted by Gasteiger charge is -2.03. The average molecular weight is 265 g/mol. The van der Waals surface area contributed by atoms with E-state index in [0.717, 1.165) is 16.5 Å². The SMILES string of the molecule is CSc1ccc(-c2nsc(NC(C)C)n2)cc1. The van der Waals surface area contributed by atoms with E-state index in [-0.39, 0.29) is 0 Å². The fraction of sp³-hybridized carbons (Fsp3) is 0.333. The van der Waals surface area contributed by atoms with Gasteiger partial charge in [0.05, 0.1) is 0 Å². The van der Waals surface area contributed by atoms with Gasteiger partial charge in [0, 0.05) is 28.0 Å². The molecule has 0 fully saturated rings. The van der Waals surface area contributed by atoms with Crippen LogP contribution in [0.15, 0.2) is 29.2 Å². The third-order valence-electron chi connectivity index (χ3n) is 2.19. The fourth-order valence-electron chi connectivity index (χ4n) is 1.39. The van der Waals surface area contributed by atoms with Crippen LogP contribution >= 0.6 is 23.3 Å². The Hall–Kier alpha value is -1.07. The first-order valence-corrected chi connectivity index (χ1v) is 7.43. The Morgan fingerprint density at radius 3 is 2.53 bits per heavy atom. The largest absolute Gasteiger partial charge is 0.358 e.